The van der Waals surface area contributed by atoms with Gasteiger partial charge in [-0.05, 0) is 42.2 Å². The Morgan fingerprint density at radius 3 is 2.74 bits per heavy atom. The molecular weight excluding hydrogens is 341 g/mol. The maximum absolute atomic E-state index is 12.9. The third-order valence-corrected chi connectivity index (χ3v) is 5.03. The minimum atomic E-state index is -0.242. The van der Waals surface area contributed by atoms with E-state index in [4.69, 9.17) is 0 Å². The summed E-state index contributed by atoms with van der Waals surface area (Å²) < 4.78 is 12.9. The van der Waals surface area contributed by atoms with Gasteiger partial charge in [0.2, 0.25) is 0 Å². The van der Waals surface area contributed by atoms with Crippen molar-refractivity contribution in [1.29, 1.82) is 0 Å². The third kappa shape index (κ3) is 3.87. The van der Waals surface area contributed by atoms with E-state index < -0.39 is 0 Å². The van der Waals surface area contributed by atoms with Crippen molar-refractivity contribution in [1.82, 2.24) is 15.2 Å². The predicted octanol–water partition coefficient (Wildman–Crippen LogP) is 4.35. The maximum Gasteiger partial charge on any atom is 0.317 e. The Morgan fingerprint density at radius 2 is 1.96 bits per heavy atom. The van der Waals surface area contributed by atoms with E-state index in [-0.39, 0.29) is 11.8 Å². The van der Waals surface area contributed by atoms with E-state index in [2.05, 4.69) is 34.7 Å². The molecule has 1 aliphatic rings. The van der Waals surface area contributed by atoms with Gasteiger partial charge in [-0.1, -0.05) is 36.4 Å². The summed E-state index contributed by atoms with van der Waals surface area (Å²) in [4.78, 5) is 17.5. The Bertz CT molecular complexity index is 975. The fourth-order valence-electron chi connectivity index (χ4n) is 3.51. The molecule has 2 heterocycles. The first kappa shape index (κ1) is 17.3. The lowest BCUT2D eigenvalue weighted by molar-refractivity contribution is 0.203. The van der Waals surface area contributed by atoms with Crippen molar-refractivity contribution in [3.8, 4) is 0 Å². The van der Waals surface area contributed by atoms with Gasteiger partial charge in [-0.3, -0.25) is 0 Å². The zero-order valence-corrected chi connectivity index (χ0v) is 15.0. The van der Waals surface area contributed by atoms with Gasteiger partial charge >= 0.3 is 6.03 Å². The van der Waals surface area contributed by atoms with Crippen molar-refractivity contribution in [3.05, 3.63) is 77.7 Å². The topological polar surface area (TPSA) is 48.1 Å². The summed E-state index contributed by atoms with van der Waals surface area (Å²) in [6.45, 7) is 1.85. The second-order valence-electron chi connectivity index (χ2n) is 6.78. The maximum atomic E-state index is 12.9. The number of amides is 2. The van der Waals surface area contributed by atoms with Crippen LogP contribution < -0.4 is 5.32 Å². The minimum Gasteiger partial charge on any atom is -0.361 e. The number of rotatable bonds is 4. The SMILES string of the molecule is O=C(NCCc1ccc(F)cc1)N1CC=C(c2c[nH]c3ccccc23)CC1. The summed E-state index contributed by atoms with van der Waals surface area (Å²) in [5.41, 5.74) is 4.65. The summed E-state index contributed by atoms with van der Waals surface area (Å²) >= 11 is 0. The van der Waals surface area contributed by atoms with E-state index in [1.807, 2.05) is 17.0 Å². The van der Waals surface area contributed by atoms with Crippen LogP contribution in [0, 0.1) is 5.82 Å². The number of urea groups is 1. The average molecular weight is 363 g/mol. The van der Waals surface area contributed by atoms with Crippen molar-refractivity contribution in [2.45, 2.75) is 12.8 Å². The molecule has 1 aliphatic heterocycles. The number of H-pyrrole nitrogens is 1. The molecule has 4 rings (SSSR count). The molecule has 138 valence electrons. The molecular formula is C22H22FN3O. The predicted molar refractivity (Wildman–Crippen MR) is 106 cm³/mol. The molecule has 0 atom stereocenters. The van der Waals surface area contributed by atoms with Gasteiger partial charge in [0.15, 0.2) is 0 Å². The lowest BCUT2D eigenvalue weighted by Crippen LogP contribution is -2.42. The molecule has 2 N–H and O–H groups in total. The number of halogens is 1. The quantitative estimate of drug-likeness (QED) is 0.711. The first-order valence-electron chi connectivity index (χ1n) is 9.23. The average Bonchev–Trinajstić information content (AvgIpc) is 3.14. The highest BCUT2D eigenvalue weighted by Crippen LogP contribution is 2.29. The van der Waals surface area contributed by atoms with Gasteiger partial charge < -0.3 is 15.2 Å². The summed E-state index contributed by atoms with van der Waals surface area (Å²) in [5.74, 6) is -0.242. The Balaban J connectivity index is 1.32. The summed E-state index contributed by atoms with van der Waals surface area (Å²) in [6.07, 6.45) is 5.72. The summed E-state index contributed by atoms with van der Waals surface area (Å²) in [5, 5.41) is 4.18. The van der Waals surface area contributed by atoms with E-state index in [1.165, 1.54) is 28.7 Å². The van der Waals surface area contributed by atoms with Crippen LogP contribution >= 0.6 is 0 Å². The van der Waals surface area contributed by atoms with Crippen molar-refractivity contribution < 1.29 is 9.18 Å². The molecule has 0 spiro atoms. The van der Waals surface area contributed by atoms with Gasteiger partial charge in [0.05, 0.1) is 0 Å². The number of nitrogens with zero attached hydrogens (tertiary/aromatic N) is 1. The highest BCUT2D eigenvalue weighted by atomic mass is 19.1. The van der Waals surface area contributed by atoms with Crippen LogP contribution in [0.2, 0.25) is 0 Å². The number of fused-ring (bicyclic) bond motifs is 1. The third-order valence-electron chi connectivity index (χ3n) is 5.03. The van der Waals surface area contributed by atoms with Crippen molar-refractivity contribution in [3.63, 3.8) is 0 Å². The normalized spacial score (nSPS) is 14.3. The second kappa shape index (κ2) is 7.66. The molecule has 0 aliphatic carbocycles. The number of para-hydroxylation sites is 1. The molecule has 0 saturated heterocycles. The molecule has 0 unspecified atom stereocenters. The summed E-state index contributed by atoms with van der Waals surface area (Å²) in [6, 6.07) is 14.6. The number of nitrogens with one attached hydrogen (secondary N) is 2. The number of aromatic amines is 1. The lowest BCUT2D eigenvalue weighted by Gasteiger charge is -2.26. The van der Waals surface area contributed by atoms with Crippen LogP contribution in [-0.2, 0) is 6.42 Å². The van der Waals surface area contributed by atoms with E-state index in [0.717, 1.165) is 17.5 Å². The lowest BCUT2D eigenvalue weighted by atomic mass is 9.99. The Hall–Kier alpha value is -3.08. The van der Waals surface area contributed by atoms with Gasteiger partial charge in [-0.25, -0.2) is 9.18 Å². The number of carbonyl (C=O) groups excluding carboxylic acids is 1. The van der Waals surface area contributed by atoms with Gasteiger partial charge in [-0.15, -0.1) is 0 Å². The van der Waals surface area contributed by atoms with Gasteiger partial charge in [0, 0.05) is 42.3 Å². The number of hydrogen-bond donors (Lipinski definition) is 2. The highest BCUT2D eigenvalue weighted by Gasteiger charge is 2.19. The molecule has 1 aromatic heterocycles. The molecule has 3 aromatic rings. The van der Waals surface area contributed by atoms with Crippen molar-refractivity contribution in [2.24, 2.45) is 0 Å². The van der Waals surface area contributed by atoms with Crippen LogP contribution in [0.1, 0.15) is 17.5 Å². The van der Waals surface area contributed by atoms with E-state index in [1.54, 1.807) is 12.1 Å². The Kier molecular flexibility index (Phi) is 4.92. The number of hydrogen-bond acceptors (Lipinski definition) is 1. The van der Waals surface area contributed by atoms with Gasteiger partial charge in [0.1, 0.15) is 5.82 Å². The monoisotopic (exact) mass is 363 g/mol. The van der Waals surface area contributed by atoms with E-state index in [0.29, 0.717) is 26.1 Å². The van der Waals surface area contributed by atoms with Crippen molar-refractivity contribution in [2.75, 3.05) is 19.6 Å². The molecule has 0 bridgehead atoms. The Morgan fingerprint density at radius 1 is 1.15 bits per heavy atom. The minimum absolute atomic E-state index is 0.0497. The largest absolute Gasteiger partial charge is 0.361 e. The van der Waals surface area contributed by atoms with Gasteiger partial charge in [0.25, 0.3) is 0 Å². The van der Waals surface area contributed by atoms with Crippen LogP contribution in [-0.4, -0.2) is 35.5 Å². The van der Waals surface area contributed by atoms with Crippen LogP contribution in [0.5, 0.6) is 0 Å². The molecule has 4 nitrogen and oxygen atoms in total. The first-order valence-corrected chi connectivity index (χ1v) is 9.23. The molecule has 0 fully saturated rings. The van der Waals surface area contributed by atoms with Crippen LogP contribution in [0.3, 0.4) is 0 Å². The van der Waals surface area contributed by atoms with Crippen LogP contribution in [0.25, 0.3) is 16.5 Å². The van der Waals surface area contributed by atoms with Crippen LogP contribution in [0.15, 0.2) is 60.8 Å². The smallest absolute Gasteiger partial charge is 0.317 e. The van der Waals surface area contributed by atoms with E-state index in [9.17, 15) is 9.18 Å². The fraction of sp³-hybridized carbons (Fsp3) is 0.227. The molecule has 2 aromatic carbocycles. The Labute approximate surface area is 157 Å². The molecule has 27 heavy (non-hydrogen) atoms. The molecule has 0 saturated carbocycles. The molecule has 2 amide bonds. The zero-order chi connectivity index (χ0) is 18.6. The number of benzene rings is 2. The van der Waals surface area contributed by atoms with Crippen LogP contribution in [0.4, 0.5) is 9.18 Å². The highest BCUT2D eigenvalue weighted by molar-refractivity contribution is 5.93. The van der Waals surface area contributed by atoms with Crippen molar-refractivity contribution >= 4 is 22.5 Å². The first-order chi connectivity index (χ1) is 13.2. The van der Waals surface area contributed by atoms with Gasteiger partial charge in [-0.2, -0.15) is 0 Å². The molecule has 0 radical (unpaired) electrons. The summed E-state index contributed by atoms with van der Waals surface area (Å²) in [7, 11) is 0. The second-order valence-corrected chi connectivity index (χ2v) is 6.78. The fourth-order valence-corrected chi connectivity index (χ4v) is 3.51. The number of aromatic nitrogens is 1. The number of carbonyl (C=O) groups is 1. The molecule has 5 heteroatoms. The standard InChI is InChI=1S/C22H22FN3O/c23-18-7-5-16(6-8-18)9-12-24-22(27)26-13-10-17(11-14-26)20-15-25-21-4-2-1-3-19(20)21/h1-8,10,15,25H,9,11-14H2,(H,24,27). The van der Waals surface area contributed by atoms with E-state index >= 15 is 0 Å². The zero-order valence-electron chi connectivity index (χ0n) is 15.0.